The maximum atomic E-state index is 10.1. The molecule has 3 fully saturated rings. The molecule has 0 aromatic heterocycles. The summed E-state index contributed by atoms with van der Waals surface area (Å²) in [7, 11) is 0. The van der Waals surface area contributed by atoms with Crippen LogP contribution in [0.4, 0.5) is 0 Å². The molecule has 3 rings (SSSR count). The van der Waals surface area contributed by atoms with Crippen molar-refractivity contribution in [1.29, 1.82) is 0 Å². The summed E-state index contributed by atoms with van der Waals surface area (Å²) in [6.45, 7) is 6.77. The molecule has 2 nitrogen and oxygen atoms in total. The van der Waals surface area contributed by atoms with Crippen molar-refractivity contribution in [1.82, 2.24) is 0 Å². The van der Waals surface area contributed by atoms with Gasteiger partial charge in [0.1, 0.15) is 0 Å². The molecular formula is C13H22O2. The molecule has 86 valence electrons. The normalized spacial score (nSPS) is 61.0. The van der Waals surface area contributed by atoms with Crippen LogP contribution < -0.4 is 0 Å². The first-order chi connectivity index (χ1) is 6.86. The molecule has 0 amide bonds. The fraction of sp³-hybridized carbons (Fsp3) is 1.00. The number of hydrogen-bond donors (Lipinski definition) is 2. The van der Waals surface area contributed by atoms with Gasteiger partial charge in [-0.1, -0.05) is 20.8 Å². The lowest BCUT2D eigenvalue weighted by Gasteiger charge is -2.80. The van der Waals surface area contributed by atoms with E-state index < -0.39 is 5.79 Å². The predicted octanol–water partition coefficient (Wildman–Crippen LogP) is 2.15. The van der Waals surface area contributed by atoms with Crippen molar-refractivity contribution in [3.05, 3.63) is 0 Å². The van der Waals surface area contributed by atoms with Gasteiger partial charge >= 0.3 is 0 Å². The quantitative estimate of drug-likeness (QED) is 0.601. The van der Waals surface area contributed by atoms with Crippen LogP contribution in [0.2, 0.25) is 0 Å². The number of aliphatic hydroxyl groups is 2. The summed E-state index contributed by atoms with van der Waals surface area (Å²) in [5.41, 5.74) is 0.125. The second-order valence-corrected chi connectivity index (χ2v) is 6.67. The van der Waals surface area contributed by atoms with Crippen molar-refractivity contribution in [2.45, 2.75) is 52.2 Å². The molecule has 0 saturated heterocycles. The van der Waals surface area contributed by atoms with Crippen LogP contribution in [-0.4, -0.2) is 16.0 Å². The molecule has 0 aromatic rings. The molecule has 2 heteroatoms. The third-order valence-electron chi connectivity index (χ3n) is 6.03. The van der Waals surface area contributed by atoms with Crippen molar-refractivity contribution in [2.75, 3.05) is 0 Å². The molecule has 3 atom stereocenters. The molecule has 3 aliphatic carbocycles. The molecule has 0 bridgehead atoms. The molecule has 0 radical (unpaired) electrons. The Hall–Kier alpha value is -0.0800. The molecule has 0 aliphatic heterocycles. The molecule has 2 N–H and O–H groups in total. The van der Waals surface area contributed by atoms with Crippen LogP contribution in [0.3, 0.4) is 0 Å². The first kappa shape index (κ1) is 10.1. The molecule has 15 heavy (non-hydrogen) atoms. The standard InChI is InChI=1S/C13H22O2/c1-8-4-11(5-8)9(2)6-12(11)10(3)7-13(12,14)15/h8-10,14-15H,4-7H2,1-3H3. The van der Waals surface area contributed by atoms with E-state index >= 15 is 0 Å². The summed E-state index contributed by atoms with van der Waals surface area (Å²) in [5, 5.41) is 20.2. The highest BCUT2D eigenvalue weighted by Gasteiger charge is 2.80. The van der Waals surface area contributed by atoms with E-state index in [0.29, 0.717) is 18.3 Å². The van der Waals surface area contributed by atoms with Gasteiger partial charge in [0.2, 0.25) is 0 Å². The van der Waals surface area contributed by atoms with E-state index in [1.54, 1.807) is 0 Å². The van der Waals surface area contributed by atoms with Crippen molar-refractivity contribution < 1.29 is 10.2 Å². The monoisotopic (exact) mass is 210 g/mol. The van der Waals surface area contributed by atoms with Crippen molar-refractivity contribution in [3.8, 4) is 0 Å². The van der Waals surface area contributed by atoms with Gasteiger partial charge in [0.25, 0.3) is 0 Å². The topological polar surface area (TPSA) is 40.5 Å². The van der Waals surface area contributed by atoms with Gasteiger partial charge in [0, 0.05) is 11.8 Å². The van der Waals surface area contributed by atoms with Crippen molar-refractivity contribution in [2.24, 2.45) is 28.6 Å². The Morgan fingerprint density at radius 3 is 1.80 bits per heavy atom. The molecule has 2 spiro atoms. The van der Waals surface area contributed by atoms with Crippen LogP contribution in [0.25, 0.3) is 0 Å². The van der Waals surface area contributed by atoms with E-state index in [-0.39, 0.29) is 10.8 Å². The highest BCUT2D eigenvalue weighted by atomic mass is 16.5. The Kier molecular flexibility index (Phi) is 1.64. The molecule has 0 heterocycles. The smallest absolute Gasteiger partial charge is 0.169 e. The van der Waals surface area contributed by atoms with Gasteiger partial charge < -0.3 is 10.2 Å². The minimum Gasteiger partial charge on any atom is -0.365 e. The fourth-order valence-corrected chi connectivity index (χ4v) is 5.44. The SMILES string of the molecule is CC1CC2(C1)C(C)CC21C(C)CC1(O)O. The van der Waals surface area contributed by atoms with Crippen LogP contribution in [0.5, 0.6) is 0 Å². The first-order valence-corrected chi connectivity index (χ1v) is 6.30. The Balaban J connectivity index is 1.94. The molecule has 3 saturated carbocycles. The maximum Gasteiger partial charge on any atom is 0.169 e. The van der Waals surface area contributed by atoms with Crippen LogP contribution >= 0.6 is 0 Å². The van der Waals surface area contributed by atoms with Gasteiger partial charge in [-0.2, -0.15) is 0 Å². The lowest BCUT2D eigenvalue weighted by molar-refractivity contribution is -0.436. The average Bonchev–Trinajstić information content (AvgIpc) is 2.07. The zero-order valence-corrected chi connectivity index (χ0v) is 9.95. The summed E-state index contributed by atoms with van der Waals surface area (Å²) in [6.07, 6.45) is 4.02. The minimum atomic E-state index is -1.36. The van der Waals surface area contributed by atoms with Gasteiger partial charge in [0.15, 0.2) is 5.79 Å². The summed E-state index contributed by atoms with van der Waals surface area (Å²) in [5.74, 6) is 0.610. The Morgan fingerprint density at radius 2 is 1.47 bits per heavy atom. The van der Waals surface area contributed by atoms with E-state index in [9.17, 15) is 10.2 Å². The van der Waals surface area contributed by atoms with E-state index in [1.165, 1.54) is 12.8 Å². The number of fused-ring (bicyclic) bond motifs is 1. The number of rotatable bonds is 0. The minimum absolute atomic E-state index is 0.147. The zero-order chi connectivity index (χ0) is 11.1. The largest absolute Gasteiger partial charge is 0.365 e. The third kappa shape index (κ3) is 0.794. The highest BCUT2D eigenvalue weighted by Crippen LogP contribution is 2.81. The third-order valence-corrected chi connectivity index (χ3v) is 6.03. The average molecular weight is 210 g/mol. The molecule has 3 aliphatic rings. The molecule has 0 aromatic carbocycles. The van der Waals surface area contributed by atoms with Crippen molar-refractivity contribution in [3.63, 3.8) is 0 Å². The Labute approximate surface area is 91.7 Å². The van der Waals surface area contributed by atoms with Gasteiger partial charge in [-0.15, -0.1) is 0 Å². The predicted molar refractivity (Wildman–Crippen MR) is 58.0 cm³/mol. The number of hydrogen-bond acceptors (Lipinski definition) is 2. The Morgan fingerprint density at radius 1 is 0.867 bits per heavy atom. The zero-order valence-electron chi connectivity index (χ0n) is 9.95. The van der Waals surface area contributed by atoms with Gasteiger partial charge in [0.05, 0.1) is 0 Å². The second kappa shape index (κ2) is 2.43. The summed E-state index contributed by atoms with van der Waals surface area (Å²) in [6, 6.07) is 0. The maximum absolute atomic E-state index is 10.1. The molecular weight excluding hydrogens is 188 g/mol. The first-order valence-electron chi connectivity index (χ1n) is 6.30. The van der Waals surface area contributed by atoms with E-state index in [2.05, 4.69) is 20.8 Å². The van der Waals surface area contributed by atoms with E-state index in [4.69, 9.17) is 0 Å². The van der Waals surface area contributed by atoms with E-state index in [1.807, 2.05) is 0 Å². The lowest BCUT2D eigenvalue weighted by atomic mass is 9.26. The van der Waals surface area contributed by atoms with Gasteiger partial charge in [-0.05, 0) is 42.4 Å². The summed E-state index contributed by atoms with van der Waals surface area (Å²) >= 11 is 0. The van der Waals surface area contributed by atoms with Crippen LogP contribution in [-0.2, 0) is 0 Å². The molecule has 3 unspecified atom stereocenters. The van der Waals surface area contributed by atoms with Crippen LogP contribution in [0.15, 0.2) is 0 Å². The van der Waals surface area contributed by atoms with Gasteiger partial charge in [-0.25, -0.2) is 0 Å². The lowest BCUT2D eigenvalue weighted by Crippen LogP contribution is -2.80. The summed E-state index contributed by atoms with van der Waals surface area (Å²) in [4.78, 5) is 0. The summed E-state index contributed by atoms with van der Waals surface area (Å²) < 4.78 is 0. The highest BCUT2D eigenvalue weighted by molar-refractivity contribution is 5.26. The van der Waals surface area contributed by atoms with Crippen molar-refractivity contribution >= 4 is 0 Å². The second-order valence-electron chi connectivity index (χ2n) is 6.67. The fourth-order valence-electron chi connectivity index (χ4n) is 5.44. The van der Waals surface area contributed by atoms with Crippen LogP contribution in [0, 0.1) is 28.6 Å². The van der Waals surface area contributed by atoms with Crippen LogP contribution in [0.1, 0.15) is 46.5 Å². The van der Waals surface area contributed by atoms with E-state index in [0.717, 1.165) is 12.3 Å². The van der Waals surface area contributed by atoms with Gasteiger partial charge in [-0.3, -0.25) is 0 Å². The Bertz CT molecular complexity index is 304.